The van der Waals surface area contributed by atoms with Crippen molar-refractivity contribution in [3.63, 3.8) is 0 Å². The average molecular weight is 372 g/mol. The number of esters is 1. The SMILES string of the molecule is O=C(CCNS(=O)(=O)c1ccc(Cl)cc1)OCc1ccccc1F. The molecule has 0 atom stereocenters. The molecule has 0 heterocycles. The minimum Gasteiger partial charge on any atom is -0.461 e. The lowest BCUT2D eigenvalue weighted by Crippen LogP contribution is -2.26. The van der Waals surface area contributed by atoms with Crippen LogP contribution in [0.5, 0.6) is 0 Å². The van der Waals surface area contributed by atoms with Crippen molar-refractivity contribution in [2.45, 2.75) is 17.9 Å². The minimum atomic E-state index is -3.72. The largest absolute Gasteiger partial charge is 0.461 e. The highest BCUT2D eigenvalue weighted by Crippen LogP contribution is 2.14. The second-order valence-electron chi connectivity index (χ2n) is 4.85. The summed E-state index contributed by atoms with van der Waals surface area (Å²) in [6.07, 6.45) is -0.165. The van der Waals surface area contributed by atoms with Gasteiger partial charge in [0.2, 0.25) is 10.0 Å². The summed E-state index contributed by atoms with van der Waals surface area (Å²) in [5.74, 6) is -1.09. The summed E-state index contributed by atoms with van der Waals surface area (Å²) >= 11 is 5.70. The number of hydrogen-bond donors (Lipinski definition) is 1. The molecule has 2 aromatic rings. The van der Waals surface area contributed by atoms with Crippen LogP contribution in [0.25, 0.3) is 0 Å². The van der Waals surface area contributed by atoms with E-state index >= 15 is 0 Å². The Morgan fingerprint density at radius 1 is 1.12 bits per heavy atom. The molecule has 0 aliphatic heterocycles. The van der Waals surface area contributed by atoms with E-state index in [4.69, 9.17) is 16.3 Å². The molecule has 128 valence electrons. The number of hydrogen-bond acceptors (Lipinski definition) is 4. The van der Waals surface area contributed by atoms with Gasteiger partial charge >= 0.3 is 5.97 Å². The van der Waals surface area contributed by atoms with Crippen LogP contribution in [0.3, 0.4) is 0 Å². The monoisotopic (exact) mass is 371 g/mol. The van der Waals surface area contributed by atoms with E-state index in [-0.39, 0.29) is 30.0 Å². The van der Waals surface area contributed by atoms with Crippen LogP contribution in [-0.4, -0.2) is 20.9 Å². The highest BCUT2D eigenvalue weighted by Gasteiger charge is 2.14. The number of benzene rings is 2. The van der Waals surface area contributed by atoms with E-state index in [1.807, 2.05) is 0 Å². The van der Waals surface area contributed by atoms with Gasteiger partial charge in [-0.1, -0.05) is 29.8 Å². The normalized spacial score (nSPS) is 11.2. The van der Waals surface area contributed by atoms with Crippen molar-refractivity contribution < 1.29 is 22.3 Å². The first kappa shape index (κ1) is 18.4. The Kier molecular flexibility index (Phi) is 6.30. The summed E-state index contributed by atoms with van der Waals surface area (Å²) in [6.45, 7) is -0.323. The van der Waals surface area contributed by atoms with Crippen molar-refractivity contribution in [1.29, 1.82) is 0 Å². The van der Waals surface area contributed by atoms with Gasteiger partial charge in [0, 0.05) is 17.1 Å². The van der Waals surface area contributed by atoms with Gasteiger partial charge in [0.25, 0.3) is 0 Å². The third-order valence-electron chi connectivity index (χ3n) is 3.09. The lowest BCUT2D eigenvalue weighted by Gasteiger charge is -2.08. The van der Waals surface area contributed by atoms with Crippen LogP contribution in [0.15, 0.2) is 53.4 Å². The maximum atomic E-state index is 13.4. The number of carbonyl (C=O) groups is 1. The number of sulfonamides is 1. The lowest BCUT2D eigenvalue weighted by molar-refractivity contribution is -0.144. The molecule has 0 bridgehead atoms. The molecule has 24 heavy (non-hydrogen) atoms. The van der Waals surface area contributed by atoms with Crippen molar-refractivity contribution >= 4 is 27.6 Å². The van der Waals surface area contributed by atoms with E-state index in [1.54, 1.807) is 6.07 Å². The van der Waals surface area contributed by atoms with Crippen LogP contribution in [0, 0.1) is 5.82 Å². The smallest absolute Gasteiger partial charge is 0.307 e. The molecule has 0 saturated carbocycles. The first-order valence-electron chi connectivity index (χ1n) is 7.03. The Bertz CT molecular complexity index is 809. The second-order valence-corrected chi connectivity index (χ2v) is 7.06. The van der Waals surface area contributed by atoms with Gasteiger partial charge in [0.05, 0.1) is 11.3 Å². The summed E-state index contributed by atoms with van der Waals surface area (Å²) in [5, 5.41) is 0.422. The summed E-state index contributed by atoms with van der Waals surface area (Å²) in [6, 6.07) is 11.6. The van der Waals surface area contributed by atoms with Crippen molar-refractivity contribution in [1.82, 2.24) is 4.72 Å². The predicted octanol–water partition coefficient (Wildman–Crippen LogP) is 2.89. The number of rotatable bonds is 7. The molecule has 0 radical (unpaired) electrons. The van der Waals surface area contributed by atoms with Crippen LogP contribution in [-0.2, 0) is 26.2 Å². The molecule has 8 heteroatoms. The molecule has 0 saturated heterocycles. The molecule has 1 N–H and O–H groups in total. The molecule has 2 aromatic carbocycles. The van der Waals surface area contributed by atoms with Gasteiger partial charge < -0.3 is 4.74 Å². The zero-order valence-electron chi connectivity index (χ0n) is 12.5. The maximum Gasteiger partial charge on any atom is 0.307 e. The van der Waals surface area contributed by atoms with Gasteiger partial charge in [-0.3, -0.25) is 4.79 Å². The quantitative estimate of drug-likeness (QED) is 0.759. The molecular weight excluding hydrogens is 357 g/mol. The Morgan fingerprint density at radius 3 is 2.46 bits per heavy atom. The number of ether oxygens (including phenoxy) is 1. The molecule has 0 aliphatic carbocycles. The Balaban J connectivity index is 1.80. The van der Waals surface area contributed by atoms with Gasteiger partial charge in [0.15, 0.2) is 0 Å². The molecule has 0 amide bonds. The van der Waals surface area contributed by atoms with E-state index in [2.05, 4.69) is 4.72 Å². The fraction of sp³-hybridized carbons (Fsp3) is 0.188. The molecular formula is C16H15ClFNO4S. The molecule has 5 nitrogen and oxygen atoms in total. The molecule has 0 aliphatic rings. The molecule has 0 unspecified atom stereocenters. The van der Waals surface area contributed by atoms with Gasteiger partial charge in [-0.2, -0.15) is 0 Å². The zero-order chi connectivity index (χ0) is 17.6. The van der Waals surface area contributed by atoms with Gasteiger partial charge in [-0.25, -0.2) is 17.5 Å². The second kappa shape index (κ2) is 8.23. The summed E-state index contributed by atoms with van der Waals surface area (Å²) < 4.78 is 44.6. The van der Waals surface area contributed by atoms with Crippen molar-refractivity contribution in [3.05, 3.63) is 64.9 Å². The first-order valence-corrected chi connectivity index (χ1v) is 8.89. The highest BCUT2D eigenvalue weighted by atomic mass is 35.5. The predicted molar refractivity (Wildman–Crippen MR) is 87.5 cm³/mol. The summed E-state index contributed by atoms with van der Waals surface area (Å²) in [4.78, 5) is 11.6. The van der Waals surface area contributed by atoms with E-state index in [0.717, 1.165) is 0 Å². The van der Waals surface area contributed by atoms with Crippen LogP contribution in [0.2, 0.25) is 5.02 Å². The van der Waals surface area contributed by atoms with Gasteiger partial charge in [-0.05, 0) is 30.3 Å². The average Bonchev–Trinajstić information content (AvgIpc) is 2.54. The fourth-order valence-electron chi connectivity index (χ4n) is 1.83. The van der Waals surface area contributed by atoms with E-state index in [0.29, 0.717) is 5.02 Å². The van der Waals surface area contributed by atoms with Crippen LogP contribution in [0.1, 0.15) is 12.0 Å². The van der Waals surface area contributed by atoms with Crippen LogP contribution in [0.4, 0.5) is 4.39 Å². The van der Waals surface area contributed by atoms with Crippen LogP contribution < -0.4 is 4.72 Å². The fourth-order valence-corrected chi connectivity index (χ4v) is 2.99. The Morgan fingerprint density at radius 2 is 1.79 bits per heavy atom. The Hall–Kier alpha value is -1.96. The molecule has 0 aromatic heterocycles. The van der Waals surface area contributed by atoms with Crippen molar-refractivity contribution in [2.75, 3.05) is 6.54 Å². The van der Waals surface area contributed by atoms with E-state index in [9.17, 15) is 17.6 Å². The first-order chi connectivity index (χ1) is 11.4. The number of halogens is 2. The van der Waals surface area contributed by atoms with Crippen molar-refractivity contribution in [3.8, 4) is 0 Å². The highest BCUT2D eigenvalue weighted by molar-refractivity contribution is 7.89. The standard InChI is InChI=1S/C16H15ClFNO4S/c17-13-5-7-14(8-6-13)24(21,22)19-10-9-16(20)23-11-12-3-1-2-4-15(12)18/h1-8,19H,9-11H2. The van der Waals surface area contributed by atoms with Gasteiger partial charge in [-0.15, -0.1) is 0 Å². The number of carbonyl (C=O) groups excluding carboxylic acids is 1. The lowest BCUT2D eigenvalue weighted by atomic mass is 10.2. The summed E-state index contributed by atoms with van der Waals surface area (Å²) in [5.41, 5.74) is 0.257. The van der Waals surface area contributed by atoms with Crippen LogP contribution >= 0.6 is 11.6 Å². The van der Waals surface area contributed by atoms with Gasteiger partial charge in [0.1, 0.15) is 12.4 Å². The number of nitrogens with one attached hydrogen (secondary N) is 1. The zero-order valence-corrected chi connectivity index (χ0v) is 14.1. The molecule has 0 fully saturated rings. The van der Waals surface area contributed by atoms with E-state index < -0.39 is 21.8 Å². The Labute approximate surface area is 144 Å². The maximum absolute atomic E-state index is 13.4. The van der Waals surface area contributed by atoms with Crippen molar-refractivity contribution in [2.24, 2.45) is 0 Å². The topological polar surface area (TPSA) is 72.5 Å². The third kappa shape index (κ3) is 5.30. The van der Waals surface area contributed by atoms with E-state index in [1.165, 1.54) is 42.5 Å². The molecule has 2 rings (SSSR count). The molecule has 0 spiro atoms. The minimum absolute atomic E-state index is 0.0478. The summed E-state index contributed by atoms with van der Waals surface area (Å²) in [7, 11) is -3.72. The third-order valence-corrected chi connectivity index (χ3v) is 4.82.